The van der Waals surface area contributed by atoms with E-state index in [1.165, 1.54) is 0 Å². The van der Waals surface area contributed by atoms with Crippen molar-refractivity contribution in [1.82, 2.24) is 19.7 Å². The summed E-state index contributed by atoms with van der Waals surface area (Å²) in [5, 5.41) is 4.65. The van der Waals surface area contributed by atoms with E-state index < -0.39 is 0 Å². The standard InChI is InChI=1S/C12H14ClN6/c1-18-11(13)8(7-15-18)9-6-10(17-12(14)16-9)19-4-2-3-5-19/h2,6-7H,3-5H2,1H3,(H2,14,16,17). The lowest BCUT2D eigenvalue weighted by molar-refractivity contribution is 0.769. The Labute approximate surface area is 116 Å². The summed E-state index contributed by atoms with van der Waals surface area (Å²) in [4.78, 5) is 10.7. The second-order valence-electron chi connectivity index (χ2n) is 4.47. The molecule has 99 valence electrons. The number of nitrogen functional groups attached to an aromatic ring is 1. The zero-order valence-electron chi connectivity index (χ0n) is 10.5. The first-order valence-corrected chi connectivity index (χ1v) is 6.42. The molecular weight excluding hydrogens is 264 g/mol. The number of aryl methyl sites for hydroxylation is 1. The van der Waals surface area contributed by atoms with Gasteiger partial charge >= 0.3 is 0 Å². The Morgan fingerprint density at radius 3 is 2.84 bits per heavy atom. The van der Waals surface area contributed by atoms with E-state index in [1.54, 1.807) is 17.9 Å². The van der Waals surface area contributed by atoms with Crippen LogP contribution in [-0.2, 0) is 7.05 Å². The van der Waals surface area contributed by atoms with Gasteiger partial charge in [-0.1, -0.05) is 11.6 Å². The third-order valence-corrected chi connectivity index (χ3v) is 3.60. The summed E-state index contributed by atoms with van der Waals surface area (Å²) in [6, 6.07) is 1.90. The Hall–Kier alpha value is -1.82. The molecule has 0 atom stereocenters. The minimum absolute atomic E-state index is 0.249. The van der Waals surface area contributed by atoms with E-state index in [4.69, 9.17) is 17.3 Å². The van der Waals surface area contributed by atoms with Gasteiger partial charge in [-0.2, -0.15) is 10.1 Å². The number of nitrogens with zero attached hydrogens (tertiary/aromatic N) is 5. The van der Waals surface area contributed by atoms with Crippen LogP contribution in [0.25, 0.3) is 11.3 Å². The Morgan fingerprint density at radius 1 is 1.37 bits per heavy atom. The highest BCUT2D eigenvalue weighted by molar-refractivity contribution is 6.32. The van der Waals surface area contributed by atoms with Crippen molar-refractivity contribution in [3.05, 3.63) is 23.8 Å². The van der Waals surface area contributed by atoms with Crippen LogP contribution in [0.4, 0.5) is 11.8 Å². The summed E-state index contributed by atoms with van der Waals surface area (Å²) >= 11 is 6.19. The van der Waals surface area contributed by atoms with E-state index in [0.29, 0.717) is 10.8 Å². The molecule has 0 spiro atoms. The van der Waals surface area contributed by atoms with E-state index in [2.05, 4.69) is 26.4 Å². The monoisotopic (exact) mass is 277 g/mol. The van der Waals surface area contributed by atoms with Crippen LogP contribution in [0.5, 0.6) is 0 Å². The fourth-order valence-corrected chi connectivity index (χ4v) is 2.33. The predicted molar refractivity (Wildman–Crippen MR) is 74.8 cm³/mol. The molecule has 1 fully saturated rings. The Balaban J connectivity index is 2.04. The van der Waals surface area contributed by atoms with Crippen LogP contribution in [0.15, 0.2) is 12.3 Å². The molecule has 3 heterocycles. The molecule has 1 radical (unpaired) electrons. The van der Waals surface area contributed by atoms with Gasteiger partial charge in [0.15, 0.2) is 0 Å². The first-order valence-electron chi connectivity index (χ1n) is 6.04. The van der Waals surface area contributed by atoms with Crippen LogP contribution < -0.4 is 10.6 Å². The van der Waals surface area contributed by atoms with Crippen LogP contribution in [0.1, 0.15) is 6.42 Å². The molecule has 1 saturated heterocycles. The summed E-state index contributed by atoms with van der Waals surface area (Å²) in [7, 11) is 1.78. The normalized spacial score (nSPS) is 15.2. The van der Waals surface area contributed by atoms with Crippen molar-refractivity contribution in [2.24, 2.45) is 7.05 Å². The van der Waals surface area contributed by atoms with Gasteiger partial charge in [-0.3, -0.25) is 4.68 Å². The molecule has 0 bridgehead atoms. The highest BCUT2D eigenvalue weighted by Gasteiger charge is 2.17. The molecule has 0 amide bonds. The van der Waals surface area contributed by atoms with Crippen molar-refractivity contribution < 1.29 is 0 Å². The van der Waals surface area contributed by atoms with Crippen LogP contribution in [-0.4, -0.2) is 32.8 Å². The van der Waals surface area contributed by atoms with Crippen molar-refractivity contribution in [3.63, 3.8) is 0 Å². The van der Waals surface area contributed by atoms with E-state index >= 15 is 0 Å². The van der Waals surface area contributed by atoms with Crippen LogP contribution in [0, 0.1) is 6.42 Å². The maximum atomic E-state index is 6.19. The van der Waals surface area contributed by atoms with E-state index in [0.717, 1.165) is 30.9 Å². The second-order valence-corrected chi connectivity index (χ2v) is 4.82. The number of hydrogen-bond acceptors (Lipinski definition) is 5. The van der Waals surface area contributed by atoms with E-state index in [9.17, 15) is 0 Å². The summed E-state index contributed by atoms with van der Waals surface area (Å²) < 4.78 is 1.60. The first-order chi connectivity index (χ1) is 9.15. The van der Waals surface area contributed by atoms with Gasteiger partial charge in [-0.05, 0) is 12.8 Å². The van der Waals surface area contributed by atoms with Gasteiger partial charge in [0.05, 0.1) is 17.5 Å². The number of anilines is 2. The number of rotatable bonds is 2. The number of hydrogen-bond donors (Lipinski definition) is 1. The topological polar surface area (TPSA) is 72.9 Å². The molecule has 1 aliphatic rings. The Morgan fingerprint density at radius 2 is 2.21 bits per heavy atom. The molecule has 2 N–H and O–H groups in total. The molecule has 2 aromatic rings. The lowest BCUT2D eigenvalue weighted by atomic mass is 10.2. The molecule has 7 heteroatoms. The highest BCUT2D eigenvalue weighted by atomic mass is 35.5. The van der Waals surface area contributed by atoms with Gasteiger partial charge in [0.25, 0.3) is 0 Å². The third-order valence-electron chi connectivity index (χ3n) is 3.15. The van der Waals surface area contributed by atoms with Gasteiger partial charge in [-0.25, -0.2) is 4.98 Å². The lowest BCUT2D eigenvalue weighted by Crippen LogP contribution is -2.20. The average Bonchev–Trinajstić information content (AvgIpc) is 3.01. The van der Waals surface area contributed by atoms with Gasteiger partial charge in [-0.15, -0.1) is 0 Å². The predicted octanol–water partition coefficient (Wildman–Crippen LogP) is 1.53. The average molecular weight is 278 g/mol. The smallest absolute Gasteiger partial charge is 0.222 e. The molecule has 2 aromatic heterocycles. The summed E-state index contributed by atoms with van der Waals surface area (Å²) in [5.41, 5.74) is 7.26. The SMILES string of the molecule is Cn1ncc(-c2cc(N3C[CH]CC3)nc(N)n2)c1Cl. The summed E-state index contributed by atoms with van der Waals surface area (Å²) in [6.07, 6.45) is 4.96. The summed E-state index contributed by atoms with van der Waals surface area (Å²) in [5.74, 6) is 1.08. The quantitative estimate of drug-likeness (QED) is 0.901. The van der Waals surface area contributed by atoms with Gasteiger partial charge < -0.3 is 10.6 Å². The van der Waals surface area contributed by atoms with Crippen LogP contribution >= 0.6 is 11.6 Å². The van der Waals surface area contributed by atoms with Gasteiger partial charge in [0.2, 0.25) is 5.95 Å². The number of nitrogens with two attached hydrogens (primary N) is 1. The van der Waals surface area contributed by atoms with Crippen molar-refractivity contribution in [2.45, 2.75) is 6.42 Å². The van der Waals surface area contributed by atoms with E-state index in [-0.39, 0.29) is 5.95 Å². The van der Waals surface area contributed by atoms with Gasteiger partial charge in [0, 0.05) is 26.2 Å². The largest absolute Gasteiger partial charge is 0.368 e. The molecule has 0 aromatic carbocycles. The summed E-state index contributed by atoms with van der Waals surface area (Å²) in [6.45, 7) is 1.84. The number of halogens is 1. The Kier molecular flexibility index (Phi) is 3.02. The van der Waals surface area contributed by atoms with Crippen molar-refractivity contribution >= 4 is 23.4 Å². The molecule has 6 nitrogen and oxygen atoms in total. The molecule has 0 aliphatic carbocycles. The maximum absolute atomic E-state index is 6.19. The van der Waals surface area contributed by atoms with Crippen molar-refractivity contribution in [1.29, 1.82) is 0 Å². The van der Waals surface area contributed by atoms with Crippen LogP contribution in [0.3, 0.4) is 0 Å². The fourth-order valence-electron chi connectivity index (χ4n) is 2.14. The minimum Gasteiger partial charge on any atom is -0.368 e. The molecule has 0 saturated carbocycles. The van der Waals surface area contributed by atoms with Crippen LogP contribution in [0.2, 0.25) is 5.15 Å². The maximum Gasteiger partial charge on any atom is 0.222 e. The molecule has 0 unspecified atom stereocenters. The molecule has 19 heavy (non-hydrogen) atoms. The van der Waals surface area contributed by atoms with Crippen molar-refractivity contribution in [2.75, 3.05) is 23.7 Å². The Bertz CT molecular complexity index is 602. The number of aromatic nitrogens is 4. The van der Waals surface area contributed by atoms with Gasteiger partial charge in [0.1, 0.15) is 11.0 Å². The fraction of sp³-hybridized carbons (Fsp3) is 0.333. The minimum atomic E-state index is 0.249. The molecular formula is C12H14ClN6. The lowest BCUT2D eigenvalue weighted by Gasteiger charge is -2.17. The highest BCUT2D eigenvalue weighted by Crippen LogP contribution is 2.29. The molecule has 1 aliphatic heterocycles. The zero-order chi connectivity index (χ0) is 13.4. The third kappa shape index (κ3) is 2.23. The zero-order valence-corrected chi connectivity index (χ0v) is 11.3. The molecule has 3 rings (SSSR count). The van der Waals surface area contributed by atoms with E-state index in [1.807, 2.05) is 6.07 Å². The first kappa shape index (κ1) is 12.2. The van der Waals surface area contributed by atoms with Crippen molar-refractivity contribution in [3.8, 4) is 11.3 Å². The second kappa shape index (κ2) is 4.70.